The van der Waals surface area contributed by atoms with Gasteiger partial charge in [-0.1, -0.05) is 13.3 Å². The molecule has 21 heavy (non-hydrogen) atoms. The maximum Gasteiger partial charge on any atom is 0.327 e. The third-order valence-electron chi connectivity index (χ3n) is 3.33. The van der Waals surface area contributed by atoms with Gasteiger partial charge in [-0.05, 0) is 43.2 Å². The van der Waals surface area contributed by atoms with Gasteiger partial charge in [0.25, 0.3) is 0 Å². The number of nitrogens with zero attached hydrogens (tertiary/aromatic N) is 2. The van der Waals surface area contributed by atoms with Crippen molar-refractivity contribution >= 4 is 5.97 Å². The van der Waals surface area contributed by atoms with Gasteiger partial charge in [0.15, 0.2) is 0 Å². The lowest BCUT2D eigenvalue weighted by molar-refractivity contribution is -0.141. The summed E-state index contributed by atoms with van der Waals surface area (Å²) in [6, 6.07) is 6.83. The molecule has 0 atom stereocenters. The van der Waals surface area contributed by atoms with E-state index in [4.69, 9.17) is 0 Å². The predicted molar refractivity (Wildman–Crippen MR) is 78.4 cm³/mol. The molecular formula is C16H19FN2O2. The lowest BCUT2D eigenvalue weighted by Gasteiger charge is -2.04. The van der Waals surface area contributed by atoms with E-state index in [1.165, 1.54) is 13.2 Å². The van der Waals surface area contributed by atoms with Crippen molar-refractivity contribution in [2.75, 3.05) is 7.11 Å². The van der Waals surface area contributed by atoms with Crippen molar-refractivity contribution in [1.82, 2.24) is 9.78 Å². The van der Waals surface area contributed by atoms with E-state index in [1.807, 2.05) is 6.07 Å². The summed E-state index contributed by atoms with van der Waals surface area (Å²) in [7, 11) is 1.36. The van der Waals surface area contributed by atoms with Gasteiger partial charge in [0.2, 0.25) is 0 Å². The number of carbonyl (C=O) groups excluding carboxylic acids is 1. The molecule has 0 aliphatic rings. The standard InChI is InChI=1S/C16H19FN2O2/c1-4-5-13-9-15(18-19(13)10-16(20)21-3)12-6-7-14(17)11(2)8-12/h6-9H,4-5,10H2,1-3H3. The number of aryl methyl sites for hydroxylation is 2. The van der Waals surface area contributed by atoms with Crippen LogP contribution >= 0.6 is 0 Å². The smallest absolute Gasteiger partial charge is 0.327 e. The molecule has 0 amide bonds. The van der Waals surface area contributed by atoms with Crippen molar-refractivity contribution in [2.24, 2.45) is 0 Å². The Bertz CT molecular complexity index is 650. The zero-order chi connectivity index (χ0) is 15.4. The van der Waals surface area contributed by atoms with E-state index < -0.39 is 0 Å². The van der Waals surface area contributed by atoms with E-state index in [1.54, 1.807) is 23.7 Å². The highest BCUT2D eigenvalue weighted by Gasteiger charge is 2.13. The summed E-state index contributed by atoms with van der Waals surface area (Å²) >= 11 is 0. The number of ether oxygens (including phenoxy) is 1. The molecule has 0 saturated heterocycles. The van der Waals surface area contributed by atoms with Crippen molar-refractivity contribution in [3.8, 4) is 11.3 Å². The lowest BCUT2D eigenvalue weighted by Crippen LogP contribution is -2.15. The van der Waals surface area contributed by atoms with Gasteiger partial charge in [-0.25, -0.2) is 4.39 Å². The van der Waals surface area contributed by atoms with E-state index >= 15 is 0 Å². The first-order valence-electron chi connectivity index (χ1n) is 6.95. The fourth-order valence-corrected chi connectivity index (χ4v) is 2.18. The molecule has 0 bridgehead atoms. The third kappa shape index (κ3) is 3.48. The van der Waals surface area contributed by atoms with Gasteiger partial charge in [0, 0.05) is 11.3 Å². The zero-order valence-corrected chi connectivity index (χ0v) is 12.5. The molecule has 0 fully saturated rings. The van der Waals surface area contributed by atoms with Crippen LogP contribution in [0.1, 0.15) is 24.6 Å². The predicted octanol–water partition coefficient (Wildman–Crippen LogP) is 3.12. The highest BCUT2D eigenvalue weighted by Crippen LogP contribution is 2.22. The lowest BCUT2D eigenvalue weighted by atomic mass is 10.1. The molecular weight excluding hydrogens is 271 g/mol. The molecule has 2 rings (SSSR count). The number of hydrogen-bond acceptors (Lipinski definition) is 3. The summed E-state index contributed by atoms with van der Waals surface area (Å²) in [4.78, 5) is 11.4. The number of benzene rings is 1. The fourth-order valence-electron chi connectivity index (χ4n) is 2.18. The molecule has 1 heterocycles. The van der Waals surface area contributed by atoms with Gasteiger partial charge in [-0.2, -0.15) is 5.10 Å². The molecule has 112 valence electrons. The number of esters is 1. The molecule has 1 aromatic heterocycles. The first-order valence-corrected chi connectivity index (χ1v) is 6.95. The monoisotopic (exact) mass is 290 g/mol. The first-order chi connectivity index (χ1) is 10.0. The fraction of sp³-hybridized carbons (Fsp3) is 0.375. The maximum absolute atomic E-state index is 13.4. The number of halogens is 1. The minimum atomic E-state index is -0.336. The summed E-state index contributed by atoms with van der Waals surface area (Å²) in [5.74, 6) is -0.571. The van der Waals surface area contributed by atoms with Crippen LogP contribution in [0.5, 0.6) is 0 Å². The molecule has 0 N–H and O–H groups in total. The van der Waals surface area contributed by atoms with Crippen LogP contribution in [0, 0.1) is 12.7 Å². The molecule has 0 saturated carbocycles. The minimum absolute atomic E-state index is 0.0893. The second kappa shape index (κ2) is 6.52. The zero-order valence-electron chi connectivity index (χ0n) is 12.5. The van der Waals surface area contributed by atoms with Gasteiger partial charge >= 0.3 is 5.97 Å². The van der Waals surface area contributed by atoms with Gasteiger partial charge in [-0.15, -0.1) is 0 Å². The number of rotatable bonds is 5. The second-order valence-corrected chi connectivity index (χ2v) is 4.97. The van der Waals surface area contributed by atoms with E-state index in [0.717, 1.165) is 29.8 Å². The van der Waals surface area contributed by atoms with E-state index in [9.17, 15) is 9.18 Å². The molecule has 0 spiro atoms. The van der Waals surface area contributed by atoms with Crippen molar-refractivity contribution in [3.63, 3.8) is 0 Å². The molecule has 4 nitrogen and oxygen atoms in total. The summed E-state index contributed by atoms with van der Waals surface area (Å²) in [6.45, 7) is 3.88. The second-order valence-electron chi connectivity index (χ2n) is 4.97. The first kappa shape index (κ1) is 15.2. The van der Waals surface area contributed by atoms with Crippen LogP contribution in [0.25, 0.3) is 11.3 Å². The van der Waals surface area contributed by atoms with Crippen LogP contribution in [0.2, 0.25) is 0 Å². The summed E-state index contributed by atoms with van der Waals surface area (Å²) in [5, 5.41) is 4.45. The summed E-state index contributed by atoms with van der Waals surface area (Å²) < 4.78 is 19.7. The normalized spacial score (nSPS) is 10.7. The Morgan fingerprint density at radius 1 is 1.38 bits per heavy atom. The van der Waals surface area contributed by atoms with Crippen molar-refractivity contribution in [1.29, 1.82) is 0 Å². The van der Waals surface area contributed by atoms with E-state index in [0.29, 0.717) is 5.56 Å². The van der Waals surface area contributed by atoms with Crippen molar-refractivity contribution in [3.05, 3.63) is 41.3 Å². The van der Waals surface area contributed by atoms with Crippen LogP contribution < -0.4 is 0 Å². The Morgan fingerprint density at radius 2 is 2.14 bits per heavy atom. The maximum atomic E-state index is 13.4. The Hall–Kier alpha value is -2.17. The highest BCUT2D eigenvalue weighted by atomic mass is 19.1. The quantitative estimate of drug-likeness (QED) is 0.795. The van der Waals surface area contributed by atoms with E-state index in [2.05, 4.69) is 16.8 Å². The van der Waals surface area contributed by atoms with Crippen LogP contribution in [0.4, 0.5) is 4.39 Å². The molecule has 5 heteroatoms. The van der Waals surface area contributed by atoms with Crippen LogP contribution in [-0.4, -0.2) is 22.9 Å². The molecule has 2 aromatic rings. The average molecular weight is 290 g/mol. The third-order valence-corrected chi connectivity index (χ3v) is 3.33. The molecule has 0 radical (unpaired) electrons. The number of carbonyl (C=O) groups is 1. The molecule has 1 aromatic carbocycles. The summed E-state index contributed by atoms with van der Waals surface area (Å²) in [6.07, 6.45) is 1.78. The molecule has 0 unspecified atom stereocenters. The van der Waals surface area contributed by atoms with Crippen LogP contribution in [-0.2, 0) is 22.5 Å². The number of aromatic nitrogens is 2. The average Bonchev–Trinajstić information content (AvgIpc) is 2.85. The van der Waals surface area contributed by atoms with E-state index in [-0.39, 0.29) is 18.3 Å². The number of methoxy groups -OCH3 is 1. The summed E-state index contributed by atoms with van der Waals surface area (Å²) in [5.41, 5.74) is 3.13. The van der Waals surface area contributed by atoms with Crippen molar-refractivity contribution in [2.45, 2.75) is 33.2 Å². The largest absolute Gasteiger partial charge is 0.468 e. The van der Waals surface area contributed by atoms with Gasteiger partial charge < -0.3 is 4.74 Å². The number of hydrogen-bond donors (Lipinski definition) is 0. The SMILES string of the molecule is CCCc1cc(-c2ccc(F)c(C)c2)nn1CC(=O)OC. The Balaban J connectivity index is 2.37. The highest BCUT2D eigenvalue weighted by molar-refractivity contribution is 5.69. The molecule has 0 aliphatic carbocycles. The van der Waals surface area contributed by atoms with Gasteiger partial charge in [0.1, 0.15) is 12.4 Å². The van der Waals surface area contributed by atoms with Crippen LogP contribution in [0.3, 0.4) is 0 Å². The topological polar surface area (TPSA) is 44.1 Å². The Labute approximate surface area is 123 Å². The Kier molecular flexibility index (Phi) is 4.73. The van der Waals surface area contributed by atoms with Crippen LogP contribution in [0.15, 0.2) is 24.3 Å². The van der Waals surface area contributed by atoms with Gasteiger partial charge in [0.05, 0.1) is 12.8 Å². The van der Waals surface area contributed by atoms with Crippen molar-refractivity contribution < 1.29 is 13.9 Å². The minimum Gasteiger partial charge on any atom is -0.468 e. The molecule has 0 aliphatic heterocycles. The van der Waals surface area contributed by atoms with Gasteiger partial charge in [-0.3, -0.25) is 9.48 Å². The Morgan fingerprint density at radius 3 is 2.76 bits per heavy atom.